The third kappa shape index (κ3) is 3.90. The Hall–Kier alpha value is -1.04. The second-order valence-electron chi connectivity index (χ2n) is 1.92. The van der Waals surface area contributed by atoms with Gasteiger partial charge in [0.15, 0.2) is 0 Å². The van der Waals surface area contributed by atoms with Crippen LogP contribution in [0.5, 0.6) is 0 Å². The van der Waals surface area contributed by atoms with Crippen molar-refractivity contribution < 1.29 is 0 Å². The van der Waals surface area contributed by atoms with Gasteiger partial charge in [-0.2, -0.15) is 0 Å². The van der Waals surface area contributed by atoms with E-state index in [1.807, 2.05) is 18.2 Å². The molecule has 0 aromatic rings. The van der Waals surface area contributed by atoms with Gasteiger partial charge in [-0.1, -0.05) is 50.5 Å². The number of allylic oxidation sites excluding steroid dienone is 6. The third-order valence-corrected chi connectivity index (χ3v) is 1.09. The summed E-state index contributed by atoms with van der Waals surface area (Å²) >= 11 is 0. The van der Waals surface area contributed by atoms with Crippen LogP contribution >= 0.6 is 0 Å². The van der Waals surface area contributed by atoms with Crippen molar-refractivity contribution in [2.75, 3.05) is 0 Å². The molecule has 0 nitrogen and oxygen atoms in total. The first-order chi connectivity index (χ1) is 4.85. The summed E-state index contributed by atoms with van der Waals surface area (Å²) < 4.78 is 0. The average molecular weight is 134 g/mol. The highest BCUT2D eigenvalue weighted by Crippen LogP contribution is 1.98. The molecule has 0 N–H and O–H groups in total. The Morgan fingerprint density at radius 3 is 2.50 bits per heavy atom. The highest BCUT2D eigenvalue weighted by atomic mass is 13.8. The summed E-state index contributed by atoms with van der Waals surface area (Å²) in [5, 5.41) is 0. The Labute approximate surface area is 63.3 Å². The molecule has 0 rings (SSSR count). The van der Waals surface area contributed by atoms with E-state index in [0.717, 1.165) is 12.0 Å². The SMILES string of the molecule is C=C/C=C(C=C)/C=C/CC. The van der Waals surface area contributed by atoms with Gasteiger partial charge in [-0.15, -0.1) is 0 Å². The summed E-state index contributed by atoms with van der Waals surface area (Å²) in [6, 6.07) is 0. The Morgan fingerprint density at radius 1 is 1.40 bits per heavy atom. The first kappa shape index (κ1) is 8.96. The molecule has 0 aromatic heterocycles. The maximum absolute atomic E-state index is 3.67. The van der Waals surface area contributed by atoms with Crippen LogP contribution in [0.3, 0.4) is 0 Å². The Morgan fingerprint density at radius 2 is 2.10 bits per heavy atom. The molecule has 0 saturated carbocycles. The summed E-state index contributed by atoms with van der Waals surface area (Å²) in [5.74, 6) is 0. The topological polar surface area (TPSA) is 0 Å². The van der Waals surface area contributed by atoms with E-state index in [1.54, 1.807) is 6.08 Å². The minimum absolute atomic E-state index is 1.06. The van der Waals surface area contributed by atoms with Gasteiger partial charge in [0.2, 0.25) is 0 Å². The van der Waals surface area contributed by atoms with E-state index in [4.69, 9.17) is 0 Å². The van der Waals surface area contributed by atoms with E-state index < -0.39 is 0 Å². The molecule has 0 amide bonds. The molecule has 0 atom stereocenters. The van der Waals surface area contributed by atoms with Crippen molar-refractivity contribution in [2.24, 2.45) is 0 Å². The summed E-state index contributed by atoms with van der Waals surface area (Å²) in [5.41, 5.74) is 1.11. The van der Waals surface area contributed by atoms with Crippen LogP contribution in [0.4, 0.5) is 0 Å². The van der Waals surface area contributed by atoms with E-state index >= 15 is 0 Å². The number of rotatable bonds is 4. The summed E-state index contributed by atoms with van der Waals surface area (Å²) in [6.45, 7) is 9.37. The Bertz CT molecular complexity index is 159. The molecule has 0 heterocycles. The predicted octanol–water partition coefficient (Wildman–Crippen LogP) is 3.25. The van der Waals surface area contributed by atoms with Crippen LogP contribution in [-0.4, -0.2) is 0 Å². The monoisotopic (exact) mass is 134 g/mol. The molecule has 10 heavy (non-hydrogen) atoms. The number of hydrogen-bond donors (Lipinski definition) is 0. The van der Waals surface area contributed by atoms with Crippen LogP contribution in [0.25, 0.3) is 0 Å². The van der Waals surface area contributed by atoms with Crippen molar-refractivity contribution in [1.29, 1.82) is 0 Å². The van der Waals surface area contributed by atoms with Crippen molar-refractivity contribution in [2.45, 2.75) is 13.3 Å². The quantitative estimate of drug-likeness (QED) is 0.518. The minimum atomic E-state index is 1.06. The van der Waals surface area contributed by atoms with Gasteiger partial charge >= 0.3 is 0 Å². The summed E-state index contributed by atoms with van der Waals surface area (Å²) in [7, 11) is 0. The van der Waals surface area contributed by atoms with Gasteiger partial charge < -0.3 is 0 Å². The van der Waals surface area contributed by atoms with E-state index in [-0.39, 0.29) is 0 Å². The zero-order valence-electron chi connectivity index (χ0n) is 6.51. The van der Waals surface area contributed by atoms with Gasteiger partial charge in [0.05, 0.1) is 0 Å². The van der Waals surface area contributed by atoms with E-state index in [9.17, 15) is 0 Å². The zero-order valence-corrected chi connectivity index (χ0v) is 6.51. The lowest BCUT2D eigenvalue weighted by molar-refractivity contribution is 1.22. The van der Waals surface area contributed by atoms with Gasteiger partial charge in [-0.3, -0.25) is 0 Å². The van der Waals surface area contributed by atoms with Crippen LogP contribution in [0.2, 0.25) is 0 Å². The van der Waals surface area contributed by atoms with Crippen LogP contribution in [-0.2, 0) is 0 Å². The van der Waals surface area contributed by atoms with E-state index in [2.05, 4.69) is 26.2 Å². The van der Waals surface area contributed by atoms with Crippen molar-refractivity contribution in [1.82, 2.24) is 0 Å². The Balaban J connectivity index is 4.07. The second kappa shape index (κ2) is 6.09. The van der Waals surface area contributed by atoms with Gasteiger partial charge in [0, 0.05) is 0 Å². The molecule has 0 saturated heterocycles. The van der Waals surface area contributed by atoms with E-state index in [1.165, 1.54) is 0 Å². The molecular weight excluding hydrogens is 120 g/mol. The molecule has 0 aliphatic rings. The molecule has 0 aromatic carbocycles. The summed E-state index contributed by atoms with van der Waals surface area (Å²) in [6.07, 6.45) is 10.7. The molecule has 54 valence electrons. The third-order valence-electron chi connectivity index (χ3n) is 1.09. The molecule has 0 radical (unpaired) electrons. The first-order valence-electron chi connectivity index (χ1n) is 3.46. The van der Waals surface area contributed by atoms with Crippen molar-refractivity contribution >= 4 is 0 Å². The lowest BCUT2D eigenvalue weighted by atomic mass is 10.2. The van der Waals surface area contributed by atoms with Crippen LogP contribution in [0.15, 0.2) is 49.1 Å². The molecule has 0 fully saturated rings. The molecule has 0 spiro atoms. The molecule has 0 aliphatic heterocycles. The van der Waals surface area contributed by atoms with Crippen LogP contribution in [0, 0.1) is 0 Å². The molecule has 0 unspecified atom stereocenters. The second-order valence-corrected chi connectivity index (χ2v) is 1.92. The maximum atomic E-state index is 3.67. The largest absolute Gasteiger partial charge is 0.0990 e. The average Bonchev–Trinajstić information content (AvgIpc) is 1.98. The standard InChI is InChI=1S/C10H14/c1-4-7-9-10(6-3)8-5-2/h5-9H,2-4H2,1H3/b9-7+,10-8+. The highest BCUT2D eigenvalue weighted by molar-refractivity contribution is 5.31. The molecule has 0 bridgehead atoms. The van der Waals surface area contributed by atoms with Crippen LogP contribution < -0.4 is 0 Å². The van der Waals surface area contributed by atoms with Gasteiger partial charge in [0.1, 0.15) is 0 Å². The molecule has 0 heteroatoms. The lowest BCUT2D eigenvalue weighted by Crippen LogP contribution is -1.67. The fraction of sp³-hybridized carbons (Fsp3) is 0.200. The fourth-order valence-electron chi connectivity index (χ4n) is 0.582. The molecular formula is C10H14. The number of hydrogen-bond acceptors (Lipinski definition) is 0. The highest BCUT2D eigenvalue weighted by Gasteiger charge is 1.77. The predicted molar refractivity (Wildman–Crippen MR) is 47.9 cm³/mol. The maximum Gasteiger partial charge on any atom is -0.0266 e. The fourth-order valence-corrected chi connectivity index (χ4v) is 0.582. The summed E-state index contributed by atoms with van der Waals surface area (Å²) in [4.78, 5) is 0. The first-order valence-corrected chi connectivity index (χ1v) is 3.46. The van der Waals surface area contributed by atoms with E-state index in [0.29, 0.717) is 0 Å². The van der Waals surface area contributed by atoms with Gasteiger partial charge in [0.25, 0.3) is 0 Å². The van der Waals surface area contributed by atoms with Crippen LogP contribution in [0.1, 0.15) is 13.3 Å². The minimum Gasteiger partial charge on any atom is -0.0990 e. The van der Waals surface area contributed by atoms with Crippen molar-refractivity contribution in [3.05, 3.63) is 49.1 Å². The lowest BCUT2D eigenvalue weighted by Gasteiger charge is -1.87. The van der Waals surface area contributed by atoms with Gasteiger partial charge in [-0.05, 0) is 12.0 Å². The Kier molecular flexibility index (Phi) is 5.45. The normalized spacial score (nSPS) is 11.9. The zero-order chi connectivity index (χ0) is 7.82. The van der Waals surface area contributed by atoms with Crippen molar-refractivity contribution in [3.63, 3.8) is 0 Å². The van der Waals surface area contributed by atoms with Gasteiger partial charge in [-0.25, -0.2) is 0 Å². The molecule has 0 aliphatic carbocycles. The van der Waals surface area contributed by atoms with Crippen molar-refractivity contribution in [3.8, 4) is 0 Å². The smallest absolute Gasteiger partial charge is 0.0266 e.